The predicted octanol–water partition coefficient (Wildman–Crippen LogP) is 6.81. The zero-order valence-corrected chi connectivity index (χ0v) is 25.6. The first-order chi connectivity index (χ1) is 19.2. The molecule has 0 unspecified atom stereocenters. The molecule has 1 saturated carbocycles. The van der Waals surface area contributed by atoms with Gasteiger partial charge in [-0.15, -0.1) is 17.2 Å². The zero-order valence-electron chi connectivity index (χ0n) is 23.9. The first-order valence-electron chi connectivity index (χ1n) is 14.1. The molecule has 40 heavy (non-hydrogen) atoms. The number of rotatable bonds is 13. The molecule has 10 heteroatoms. The van der Waals surface area contributed by atoms with Crippen LogP contribution in [0.1, 0.15) is 70.8 Å². The van der Waals surface area contributed by atoms with Crippen LogP contribution in [0.3, 0.4) is 0 Å². The van der Waals surface area contributed by atoms with Crippen molar-refractivity contribution in [2.24, 2.45) is 11.3 Å². The van der Waals surface area contributed by atoms with Crippen molar-refractivity contribution in [3.8, 4) is 5.75 Å². The van der Waals surface area contributed by atoms with Gasteiger partial charge in [-0.25, -0.2) is 12.8 Å². The summed E-state index contributed by atoms with van der Waals surface area (Å²) in [6, 6.07) is 8.40. The molecule has 1 aliphatic heterocycles. The lowest BCUT2D eigenvalue weighted by atomic mass is 9.79. The third kappa shape index (κ3) is 6.94. The average molecular weight is 593 g/mol. The van der Waals surface area contributed by atoms with Crippen molar-refractivity contribution in [3.05, 3.63) is 41.7 Å². The number of hydrogen-bond acceptors (Lipinski definition) is 8. The van der Waals surface area contributed by atoms with Crippen molar-refractivity contribution < 1.29 is 27.2 Å². The molecule has 1 N–H and O–H groups in total. The van der Waals surface area contributed by atoms with Gasteiger partial charge in [0.2, 0.25) is 0 Å². The molecule has 2 aliphatic rings. The van der Waals surface area contributed by atoms with Crippen molar-refractivity contribution in [3.63, 3.8) is 0 Å². The smallest absolute Gasteiger partial charge is 0.327 e. The van der Waals surface area contributed by atoms with Gasteiger partial charge in [-0.1, -0.05) is 39.5 Å². The molecule has 220 valence electrons. The number of nitrogens with zero attached hydrogens (tertiary/aromatic N) is 1. The van der Waals surface area contributed by atoms with Crippen LogP contribution in [0.25, 0.3) is 0 Å². The highest BCUT2D eigenvalue weighted by Gasteiger charge is 2.42. The van der Waals surface area contributed by atoms with E-state index in [1.54, 1.807) is 18.2 Å². The molecule has 1 aliphatic carbocycles. The molecular formula is C30H41FN2O5S2. The number of nitrogens with one attached hydrogen (secondary N) is 1. The summed E-state index contributed by atoms with van der Waals surface area (Å²) in [6.45, 7) is 4.88. The molecule has 2 aromatic carbocycles. The lowest BCUT2D eigenvalue weighted by Gasteiger charge is -2.37. The zero-order chi connectivity index (χ0) is 28.9. The Balaban J connectivity index is 1.82. The summed E-state index contributed by atoms with van der Waals surface area (Å²) >= 11 is 1.49. The molecule has 0 spiro atoms. The summed E-state index contributed by atoms with van der Waals surface area (Å²) in [5.41, 5.74) is 4.12. The highest BCUT2D eigenvalue weighted by atomic mass is 32.2. The van der Waals surface area contributed by atoms with Gasteiger partial charge in [0.15, 0.2) is 21.4 Å². The maximum Gasteiger partial charge on any atom is 0.327 e. The molecule has 0 radical (unpaired) electrons. The van der Waals surface area contributed by atoms with Crippen LogP contribution in [-0.4, -0.2) is 40.1 Å². The summed E-state index contributed by atoms with van der Waals surface area (Å²) < 4.78 is 48.5. The van der Waals surface area contributed by atoms with Gasteiger partial charge in [0.25, 0.3) is 0 Å². The van der Waals surface area contributed by atoms with E-state index >= 15 is 0 Å². The fourth-order valence-electron chi connectivity index (χ4n) is 5.50. The van der Waals surface area contributed by atoms with E-state index in [2.05, 4.69) is 19.3 Å². The van der Waals surface area contributed by atoms with Crippen LogP contribution in [-0.2, 0) is 26.0 Å². The van der Waals surface area contributed by atoms with Crippen molar-refractivity contribution in [2.45, 2.75) is 81.5 Å². The molecule has 0 saturated heterocycles. The van der Waals surface area contributed by atoms with Crippen molar-refractivity contribution in [1.29, 1.82) is 0 Å². The first-order valence-corrected chi connectivity index (χ1v) is 17.0. The van der Waals surface area contributed by atoms with Crippen LogP contribution in [0.4, 0.5) is 15.8 Å². The van der Waals surface area contributed by atoms with Gasteiger partial charge >= 0.3 is 5.97 Å². The Labute approximate surface area is 242 Å². The maximum absolute atomic E-state index is 15.0. The number of benzene rings is 2. The van der Waals surface area contributed by atoms with E-state index in [0.717, 1.165) is 61.8 Å². The molecule has 4 rings (SSSR count). The Morgan fingerprint density at radius 2 is 1.85 bits per heavy atom. The largest absolute Gasteiger partial charge is 0.494 e. The SMILES string of the molecule is CCCCC1(CCCC)CN(c2ccc(OC)c(F)c2)c2cc(SC)c(CNOC(=O)C3CC3)cc2S(=O)(=O)C1. The first kappa shape index (κ1) is 30.7. The second-order valence-electron chi connectivity index (χ2n) is 11.0. The highest BCUT2D eigenvalue weighted by molar-refractivity contribution is 7.98. The number of carbonyl (C=O) groups is 1. The topological polar surface area (TPSA) is 84.9 Å². The van der Waals surface area contributed by atoms with Gasteiger partial charge in [-0.2, -0.15) is 0 Å². The molecular weight excluding hydrogens is 551 g/mol. The van der Waals surface area contributed by atoms with E-state index in [0.29, 0.717) is 17.9 Å². The molecule has 2 aromatic rings. The molecule has 1 fully saturated rings. The van der Waals surface area contributed by atoms with E-state index in [1.165, 1.54) is 24.9 Å². The van der Waals surface area contributed by atoms with Gasteiger partial charge in [0.05, 0.1) is 35.9 Å². The number of hydroxylamine groups is 1. The third-order valence-corrected chi connectivity index (χ3v) is 10.7. The number of ether oxygens (including phenoxy) is 1. The molecule has 1 heterocycles. The highest BCUT2D eigenvalue weighted by Crippen LogP contribution is 2.47. The van der Waals surface area contributed by atoms with Crippen molar-refractivity contribution >= 4 is 38.9 Å². The summed E-state index contributed by atoms with van der Waals surface area (Å²) in [4.78, 5) is 20.3. The number of fused-ring (bicyclic) bond motifs is 1. The maximum atomic E-state index is 15.0. The van der Waals surface area contributed by atoms with Crippen LogP contribution in [0.5, 0.6) is 5.75 Å². The number of thioether (sulfide) groups is 1. The minimum absolute atomic E-state index is 0.0320. The average Bonchev–Trinajstić information content (AvgIpc) is 3.79. The van der Waals surface area contributed by atoms with E-state index < -0.39 is 21.1 Å². The number of methoxy groups -OCH3 is 1. The van der Waals surface area contributed by atoms with Crippen LogP contribution < -0.4 is 15.1 Å². The molecule has 0 aromatic heterocycles. The fraction of sp³-hybridized carbons (Fsp3) is 0.567. The molecule has 7 nitrogen and oxygen atoms in total. The Bertz CT molecular complexity index is 1310. The Hall–Kier alpha value is -2.30. The number of sulfone groups is 1. The third-order valence-electron chi connectivity index (χ3n) is 7.89. The van der Waals surface area contributed by atoms with E-state index in [1.807, 2.05) is 17.2 Å². The number of hydrogen-bond donors (Lipinski definition) is 1. The molecule has 0 amide bonds. The quantitative estimate of drug-likeness (QED) is 0.201. The van der Waals surface area contributed by atoms with E-state index in [4.69, 9.17) is 9.57 Å². The Morgan fingerprint density at radius 3 is 2.42 bits per heavy atom. The van der Waals surface area contributed by atoms with E-state index in [-0.39, 0.29) is 34.8 Å². The standard InChI is InChI=1S/C30H41FN2O5S2/c1-5-7-13-30(14-8-6-2)19-33(23-11-12-26(37-3)24(31)16-23)25-17-27(39-4)22(15-28(25)40(35,36)20-30)18-32-38-29(34)21-9-10-21/h11-12,15-17,21,32H,5-10,13-14,18-20H2,1-4H3. The Morgan fingerprint density at radius 1 is 1.15 bits per heavy atom. The van der Waals surface area contributed by atoms with Crippen molar-refractivity contribution in [2.75, 3.05) is 30.6 Å². The second-order valence-corrected chi connectivity index (χ2v) is 13.8. The summed E-state index contributed by atoms with van der Waals surface area (Å²) in [5.74, 6) is -0.647. The van der Waals surface area contributed by atoms with Gasteiger partial charge in [-0.3, -0.25) is 4.79 Å². The molecule has 0 atom stereocenters. The number of anilines is 2. The summed E-state index contributed by atoms with van der Waals surface area (Å²) in [7, 11) is -2.28. The Kier molecular flexibility index (Phi) is 10.1. The minimum Gasteiger partial charge on any atom is -0.494 e. The summed E-state index contributed by atoms with van der Waals surface area (Å²) in [5, 5.41) is 0. The van der Waals surface area contributed by atoms with E-state index in [9.17, 15) is 17.6 Å². The second kappa shape index (κ2) is 13.1. The molecule has 0 bridgehead atoms. The van der Waals surface area contributed by atoms with Crippen LogP contribution in [0.15, 0.2) is 40.1 Å². The predicted molar refractivity (Wildman–Crippen MR) is 157 cm³/mol. The normalized spacial score (nSPS) is 17.7. The lowest BCUT2D eigenvalue weighted by Crippen LogP contribution is -2.38. The van der Waals surface area contributed by atoms with Crippen LogP contribution in [0, 0.1) is 17.2 Å². The van der Waals surface area contributed by atoms with Gasteiger partial charge < -0.3 is 14.5 Å². The van der Waals surface area contributed by atoms with Crippen LogP contribution in [0.2, 0.25) is 0 Å². The van der Waals surface area contributed by atoms with Crippen LogP contribution >= 0.6 is 11.8 Å². The minimum atomic E-state index is -3.71. The summed E-state index contributed by atoms with van der Waals surface area (Å²) in [6.07, 6.45) is 8.90. The number of unbranched alkanes of at least 4 members (excludes halogenated alkanes) is 2. The number of carbonyl (C=O) groups excluding carboxylic acids is 1. The fourth-order valence-corrected chi connectivity index (χ4v) is 8.27. The number of halogens is 1. The van der Waals surface area contributed by atoms with Gasteiger partial charge in [0.1, 0.15) is 0 Å². The van der Waals surface area contributed by atoms with Crippen molar-refractivity contribution in [1.82, 2.24) is 5.48 Å². The van der Waals surface area contributed by atoms with Gasteiger partial charge in [-0.05, 0) is 61.8 Å². The van der Waals surface area contributed by atoms with Gasteiger partial charge in [0, 0.05) is 28.6 Å². The lowest BCUT2D eigenvalue weighted by molar-refractivity contribution is -0.153. The monoisotopic (exact) mass is 592 g/mol.